The third kappa shape index (κ3) is 2.42. The number of carbonyl (C=O) groups excluding carboxylic acids is 2. The molecule has 0 saturated carbocycles. The van der Waals surface area contributed by atoms with Crippen molar-refractivity contribution in [2.24, 2.45) is 0 Å². The number of methoxy groups -OCH3 is 1. The Morgan fingerprint density at radius 2 is 2.00 bits per heavy atom. The quantitative estimate of drug-likeness (QED) is 0.473. The molecule has 0 amide bonds. The molecule has 0 saturated heterocycles. The Kier molecular flexibility index (Phi) is 3.83. The highest BCUT2D eigenvalue weighted by Gasteiger charge is 2.08. The van der Waals surface area contributed by atoms with E-state index in [4.69, 9.17) is 0 Å². The number of hydrogen-bond acceptors (Lipinski definition) is 3. The van der Waals surface area contributed by atoms with Gasteiger partial charge in [0.05, 0.1) is 17.5 Å². The van der Waals surface area contributed by atoms with Gasteiger partial charge in [-0.1, -0.05) is 28.1 Å². The average Bonchev–Trinajstić information content (AvgIpc) is 2.27. The molecule has 1 aromatic rings. The molecule has 0 aliphatic rings. The van der Waals surface area contributed by atoms with Gasteiger partial charge in [-0.05, 0) is 17.7 Å². The molecule has 1 rings (SSSR count). The first-order valence-electron chi connectivity index (χ1n) is 3.96. The number of benzene rings is 1. The molecule has 0 radical (unpaired) electrons. The molecule has 4 heteroatoms. The van der Waals surface area contributed by atoms with E-state index in [0.29, 0.717) is 5.56 Å². The minimum Gasteiger partial charge on any atom is -0.465 e. The molecule has 1 atom stereocenters. The summed E-state index contributed by atoms with van der Waals surface area (Å²) in [5.74, 6) is -0.381. The normalized spacial score (nSPS) is 11.9. The molecule has 0 spiro atoms. The molecular formula is C10H9BrO3. The molecule has 0 N–H and O–H groups in total. The Morgan fingerprint density at radius 3 is 2.43 bits per heavy atom. The lowest BCUT2D eigenvalue weighted by atomic mass is 10.1. The number of rotatable bonds is 3. The smallest absolute Gasteiger partial charge is 0.337 e. The predicted molar refractivity (Wildman–Crippen MR) is 55.5 cm³/mol. The maximum absolute atomic E-state index is 11.1. The summed E-state index contributed by atoms with van der Waals surface area (Å²) in [4.78, 5) is 21.2. The number of hydrogen-bond donors (Lipinski definition) is 0. The molecule has 0 fully saturated rings. The lowest BCUT2D eigenvalue weighted by Crippen LogP contribution is -2.01. The maximum atomic E-state index is 11.1. The predicted octanol–water partition coefficient (Wildman–Crippen LogP) is 2.11. The van der Waals surface area contributed by atoms with Crippen LogP contribution in [0.25, 0.3) is 0 Å². The zero-order valence-corrected chi connectivity index (χ0v) is 9.15. The van der Waals surface area contributed by atoms with E-state index < -0.39 is 0 Å². The zero-order valence-electron chi connectivity index (χ0n) is 7.57. The van der Waals surface area contributed by atoms with Gasteiger partial charge >= 0.3 is 5.97 Å². The van der Waals surface area contributed by atoms with Crippen molar-refractivity contribution in [3.05, 3.63) is 35.4 Å². The van der Waals surface area contributed by atoms with Gasteiger partial charge in [0.2, 0.25) is 0 Å². The summed E-state index contributed by atoms with van der Waals surface area (Å²) >= 11 is 3.18. The van der Waals surface area contributed by atoms with Crippen LogP contribution in [0.4, 0.5) is 0 Å². The number of ether oxygens (including phenoxy) is 1. The van der Waals surface area contributed by atoms with Gasteiger partial charge < -0.3 is 9.53 Å². The molecular weight excluding hydrogens is 248 g/mol. The first-order valence-corrected chi connectivity index (χ1v) is 4.88. The second-order valence-corrected chi connectivity index (χ2v) is 3.64. The van der Waals surface area contributed by atoms with Gasteiger partial charge in [-0.3, -0.25) is 0 Å². The molecule has 14 heavy (non-hydrogen) atoms. The van der Waals surface area contributed by atoms with Gasteiger partial charge in [0, 0.05) is 0 Å². The van der Waals surface area contributed by atoms with Crippen LogP contribution in [0.1, 0.15) is 20.7 Å². The molecule has 1 aromatic carbocycles. The molecule has 0 aromatic heterocycles. The van der Waals surface area contributed by atoms with Crippen LogP contribution in [0, 0.1) is 0 Å². The van der Waals surface area contributed by atoms with E-state index >= 15 is 0 Å². The van der Waals surface area contributed by atoms with E-state index in [0.717, 1.165) is 11.8 Å². The lowest BCUT2D eigenvalue weighted by Gasteiger charge is -2.03. The third-order valence-electron chi connectivity index (χ3n) is 1.77. The van der Waals surface area contributed by atoms with Crippen LogP contribution in [0.15, 0.2) is 24.3 Å². The Hall–Kier alpha value is -1.16. The summed E-state index contributed by atoms with van der Waals surface area (Å²) in [5, 5.41) is 0. The van der Waals surface area contributed by atoms with Gasteiger partial charge in [0.15, 0.2) is 0 Å². The van der Waals surface area contributed by atoms with Crippen molar-refractivity contribution < 1.29 is 14.3 Å². The van der Waals surface area contributed by atoms with E-state index in [2.05, 4.69) is 20.7 Å². The molecule has 0 bridgehead atoms. The Labute approximate surface area is 90.2 Å². The van der Waals surface area contributed by atoms with Gasteiger partial charge in [0.25, 0.3) is 0 Å². The standard InChI is InChI=1S/C10H9BrO3/c1-14-10(13)8-4-2-7(3-5-8)9(11)6-12/h2-6,9H,1H3. The number of esters is 1. The summed E-state index contributed by atoms with van der Waals surface area (Å²) in [6.45, 7) is 0. The Morgan fingerprint density at radius 1 is 1.43 bits per heavy atom. The second kappa shape index (κ2) is 4.91. The van der Waals surface area contributed by atoms with Gasteiger partial charge in [-0.2, -0.15) is 0 Å². The summed E-state index contributed by atoms with van der Waals surface area (Å²) in [6.07, 6.45) is 0.785. The van der Waals surface area contributed by atoms with Crippen LogP contribution in [-0.2, 0) is 9.53 Å². The fraction of sp³-hybridized carbons (Fsp3) is 0.200. The Bertz CT molecular complexity index is 332. The van der Waals surface area contributed by atoms with Crippen molar-refractivity contribution in [3.63, 3.8) is 0 Å². The highest BCUT2D eigenvalue weighted by molar-refractivity contribution is 9.09. The molecule has 1 unspecified atom stereocenters. The molecule has 3 nitrogen and oxygen atoms in total. The van der Waals surface area contributed by atoms with Crippen LogP contribution in [0.3, 0.4) is 0 Å². The van der Waals surface area contributed by atoms with Gasteiger partial charge in [-0.15, -0.1) is 0 Å². The zero-order chi connectivity index (χ0) is 10.6. The summed E-state index contributed by atoms with van der Waals surface area (Å²) in [5.41, 5.74) is 1.29. The first kappa shape index (κ1) is 10.9. The second-order valence-electron chi connectivity index (χ2n) is 2.65. The van der Waals surface area contributed by atoms with Crippen molar-refractivity contribution in [1.82, 2.24) is 0 Å². The van der Waals surface area contributed by atoms with Crippen molar-refractivity contribution in [3.8, 4) is 0 Å². The third-order valence-corrected chi connectivity index (χ3v) is 2.51. The van der Waals surface area contributed by atoms with Gasteiger partial charge in [-0.25, -0.2) is 4.79 Å². The van der Waals surface area contributed by atoms with E-state index in [-0.39, 0.29) is 10.8 Å². The SMILES string of the molecule is COC(=O)c1ccc(C(Br)C=O)cc1. The highest BCUT2D eigenvalue weighted by atomic mass is 79.9. The summed E-state index contributed by atoms with van der Waals surface area (Å²) in [7, 11) is 1.33. The molecule has 74 valence electrons. The fourth-order valence-electron chi connectivity index (χ4n) is 0.999. The summed E-state index contributed by atoms with van der Waals surface area (Å²) < 4.78 is 4.54. The number of aldehydes is 1. The van der Waals surface area contributed by atoms with Crippen molar-refractivity contribution >= 4 is 28.2 Å². The largest absolute Gasteiger partial charge is 0.465 e. The fourth-order valence-corrected chi connectivity index (χ4v) is 1.30. The van der Waals surface area contributed by atoms with Gasteiger partial charge in [0.1, 0.15) is 6.29 Å². The van der Waals surface area contributed by atoms with E-state index in [1.54, 1.807) is 24.3 Å². The minimum absolute atomic E-state index is 0.325. The maximum Gasteiger partial charge on any atom is 0.337 e. The monoisotopic (exact) mass is 256 g/mol. The summed E-state index contributed by atoms with van der Waals surface area (Å²) in [6, 6.07) is 6.66. The van der Waals surface area contributed by atoms with E-state index in [1.165, 1.54) is 7.11 Å². The van der Waals surface area contributed by atoms with E-state index in [9.17, 15) is 9.59 Å². The topological polar surface area (TPSA) is 43.4 Å². The molecule has 0 aliphatic carbocycles. The lowest BCUT2D eigenvalue weighted by molar-refractivity contribution is -0.107. The number of carbonyl (C=O) groups is 2. The number of alkyl halides is 1. The van der Waals surface area contributed by atoms with Crippen molar-refractivity contribution in [1.29, 1.82) is 0 Å². The van der Waals surface area contributed by atoms with Crippen LogP contribution >= 0.6 is 15.9 Å². The Balaban J connectivity index is 2.88. The van der Waals surface area contributed by atoms with Crippen LogP contribution in [0.5, 0.6) is 0 Å². The average molecular weight is 257 g/mol. The van der Waals surface area contributed by atoms with Crippen LogP contribution in [0.2, 0.25) is 0 Å². The van der Waals surface area contributed by atoms with Crippen LogP contribution in [-0.4, -0.2) is 19.4 Å². The van der Waals surface area contributed by atoms with E-state index in [1.807, 2.05) is 0 Å². The first-order chi connectivity index (χ1) is 6.69. The van der Waals surface area contributed by atoms with Crippen LogP contribution < -0.4 is 0 Å². The molecule has 0 aliphatic heterocycles. The van der Waals surface area contributed by atoms with Crippen molar-refractivity contribution in [2.75, 3.05) is 7.11 Å². The minimum atomic E-state index is -0.381. The number of halogens is 1. The molecule has 0 heterocycles. The highest BCUT2D eigenvalue weighted by Crippen LogP contribution is 2.20. The van der Waals surface area contributed by atoms with Crippen molar-refractivity contribution in [2.45, 2.75) is 4.83 Å².